The number of carbonyl (C=O) groups is 2. The summed E-state index contributed by atoms with van der Waals surface area (Å²) in [7, 11) is 1.64. The monoisotopic (exact) mass is 468 g/mol. The molecule has 1 aliphatic rings. The lowest BCUT2D eigenvalue weighted by molar-refractivity contribution is 0.0526. The molecule has 2 heterocycles. The van der Waals surface area contributed by atoms with Crippen molar-refractivity contribution in [2.45, 2.75) is 46.5 Å². The molecule has 3 rings (SSSR count). The number of amides is 1. The van der Waals surface area contributed by atoms with Crippen LogP contribution in [0, 0.1) is 12.8 Å². The minimum Gasteiger partial charge on any atom is -0.462 e. The molecule has 0 spiro atoms. The minimum atomic E-state index is -0.467. The second kappa shape index (κ2) is 9.45. The number of halogens is 1. The maximum atomic E-state index is 12.7. The average molecular weight is 469 g/mol. The van der Waals surface area contributed by atoms with Crippen molar-refractivity contribution in [3.63, 3.8) is 0 Å². The summed E-state index contributed by atoms with van der Waals surface area (Å²) in [6, 6.07) is 0. The third-order valence-electron chi connectivity index (χ3n) is 5.24. The van der Waals surface area contributed by atoms with Crippen molar-refractivity contribution in [2.24, 2.45) is 13.0 Å². The molecule has 0 aromatic carbocycles. The van der Waals surface area contributed by atoms with E-state index < -0.39 is 5.91 Å². The number of ether oxygens (including phenoxy) is 1. The molecular weight excluding hydrogens is 444 g/mol. The number of nitrogens with zero attached hydrogens (tertiary/aromatic N) is 2. The van der Waals surface area contributed by atoms with Gasteiger partial charge in [-0.3, -0.25) is 14.8 Å². The number of thiophene rings is 1. The first-order valence-electron chi connectivity index (χ1n) is 9.89. The highest BCUT2D eigenvalue weighted by molar-refractivity contribution is 7.80. The van der Waals surface area contributed by atoms with Gasteiger partial charge in [-0.1, -0.05) is 24.9 Å². The number of esters is 1. The molecule has 1 amide bonds. The zero-order valence-corrected chi connectivity index (χ0v) is 19.8. The molecule has 2 aromatic heterocycles. The Bertz CT molecular complexity index is 999. The quantitative estimate of drug-likeness (QED) is 0.503. The van der Waals surface area contributed by atoms with E-state index in [9.17, 15) is 9.59 Å². The maximum Gasteiger partial charge on any atom is 0.341 e. The minimum absolute atomic E-state index is 0.0890. The van der Waals surface area contributed by atoms with E-state index in [1.165, 1.54) is 20.9 Å². The van der Waals surface area contributed by atoms with Gasteiger partial charge in [-0.2, -0.15) is 5.10 Å². The topological polar surface area (TPSA) is 85.2 Å². The van der Waals surface area contributed by atoms with Crippen LogP contribution in [0.15, 0.2) is 0 Å². The first-order chi connectivity index (χ1) is 14.3. The second-order valence-electron chi connectivity index (χ2n) is 7.23. The highest BCUT2D eigenvalue weighted by atomic mass is 35.5. The standard InChI is InChI=1S/C20H25ClN4O3S2/c1-5-11-7-8-12-13(9-11)30-18(14(12)19(27)28-6-2)23-20(29)22-17(26)16-15(21)10(3)24-25(16)4/h11H,5-9H2,1-4H3,(H2,22,23,26,29)/t11-/m1/s1. The molecule has 2 aromatic rings. The number of aryl methyl sites for hydroxylation is 2. The Kier molecular flexibility index (Phi) is 7.15. The molecule has 1 atom stereocenters. The zero-order chi connectivity index (χ0) is 22.0. The Morgan fingerprint density at radius 1 is 1.40 bits per heavy atom. The fourth-order valence-electron chi connectivity index (χ4n) is 3.69. The van der Waals surface area contributed by atoms with Crippen LogP contribution in [-0.2, 0) is 24.6 Å². The molecule has 0 saturated heterocycles. The molecule has 0 unspecified atom stereocenters. The lowest BCUT2D eigenvalue weighted by Crippen LogP contribution is -2.35. The van der Waals surface area contributed by atoms with E-state index in [0.717, 1.165) is 31.2 Å². The van der Waals surface area contributed by atoms with Crippen molar-refractivity contribution in [2.75, 3.05) is 11.9 Å². The molecule has 10 heteroatoms. The van der Waals surface area contributed by atoms with Gasteiger partial charge in [0, 0.05) is 11.9 Å². The molecule has 2 N–H and O–H groups in total. The third-order valence-corrected chi connectivity index (χ3v) is 7.07. The van der Waals surface area contributed by atoms with Crippen molar-refractivity contribution in [3.05, 3.63) is 32.4 Å². The van der Waals surface area contributed by atoms with E-state index in [4.69, 9.17) is 28.6 Å². The van der Waals surface area contributed by atoms with Crippen LogP contribution in [0.4, 0.5) is 5.00 Å². The molecule has 1 aliphatic carbocycles. The van der Waals surface area contributed by atoms with E-state index in [1.807, 2.05) is 0 Å². The first kappa shape index (κ1) is 22.7. The molecule has 0 aliphatic heterocycles. The van der Waals surface area contributed by atoms with Crippen LogP contribution in [0.5, 0.6) is 0 Å². The fraction of sp³-hybridized carbons (Fsp3) is 0.500. The number of aromatic nitrogens is 2. The Hall–Kier alpha value is -1.97. The SMILES string of the molecule is CCOC(=O)c1c(NC(=S)NC(=O)c2c(Cl)c(C)nn2C)sc2c1CC[C@@H](CC)C2. The van der Waals surface area contributed by atoms with Crippen molar-refractivity contribution in [1.82, 2.24) is 15.1 Å². The summed E-state index contributed by atoms with van der Waals surface area (Å²) in [6.45, 7) is 5.98. The number of hydrogen-bond donors (Lipinski definition) is 2. The Balaban J connectivity index is 1.83. The second-order valence-corrected chi connectivity index (χ2v) is 9.12. The Morgan fingerprint density at radius 3 is 2.73 bits per heavy atom. The van der Waals surface area contributed by atoms with Gasteiger partial charge in [0.15, 0.2) is 5.11 Å². The number of fused-ring (bicyclic) bond motifs is 1. The predicted molar refractivity (Wildman–Crippen MR) is 123 cm³/mol. The van der Waals surface area contributed by atoms with E-state index in [1.54, 1.807) is 20.9 Å². The largest absolute Gasteiger partial charge is 0.462 e. The van der Waals surface area contributed by atoms with Crippen LogP contribution >= 0.6 is 35.2 Å². The van der Waals surface area contributed by atoms with Gasteiger partial charge in [-0.15, -0.1) is 11.3 Å². The summed E-state index contributed by atoms with van der Waals surface area (Å²) in [5.41, 5.74) is 2.34. The van der Waals surface area contributed by atoms with Gasteiger partial charge in [0.05, 0.1) is 22.9 Å². The number of thiocarbonyl (C=S) groups is 1. The van der Waals surface area contributed by atoms with E-state index in [2.05, 4.69) is 22.7 Å². The zero-order valence-electron chi connectivity index (χ0n) is 17.4. The number of anilines is 1. The summed E-state index contributed by atoms with van der Waals surface area (Å²) in [6.07, 6.45) is 3.93. The smallest absolute Gasteiger partial charge is 0.341 e. The van der Waals surface area contributed by atoms with E-state index >= 15 is 0 Å². The first-order valence-corrected chi connectivity index (χ1v) is 11.5. The molecule has 0 fully saturated rings. The van der Waals surface area contributed by atoms with Gasteiger partial charge in [-0.05, 0) is 56.8 Å². The lowest BCUT2D eigenvalue weighted by atomic mass is 9.86. The van der Waals surface area contributed by atoms with Gasteiger partial charge >= 0.3 is 5.97 Å². The van der Waals surface area contributed by atoms with Crippen molar-refractivity contribution in [3.8, 4) is 0 Å². The summed E-state index contributed by atoms with van der Waals surface area (Å²) < 4.78 is 6.69. The van der Waals surface area contributed by atoms with E-state index in [0.29, 0.717) is 28.8 Å². The van der Waals surface area contributed by atoms with Gasteiger partial charge in [0.2, 0.25) is 0 Å². The molecule has 162 valence electrons. The highest BCUT2D eigenvalue weighted by Crippen LogP contribution is 2.40. The number of carbonyl (C=O) groups excluding carboxylic acids is 2. The van der Waals surface area contributed by atoms with Crippen LogP contribution in [-0.4, -0.2) is 33.4 Å². The van der Waals surface area contributed by atoms with Gasteiger partial charge in [-0.25, -0.2) is 4.79 Å². The Morgan fingerprint density at radius 2 is 2.13 bits per heavy atom. The summed E-state index contributed by atoms with van der Waals surface area (Å²) in [5.74, 6) is -0.224. The summed E-state index contributed by atoms with van der Waals surface area (Å²) in [4.78, 5) is 26.5. The number of nitrogens with one attached hydrogen (secondary N) is 2. The maximum absolute atomic E-state index is 12.7. The van der Waals surface area contributed by atoms with Gasteiger partial charge in [0.25, 0.3) is 5.91 Å². The van der Waals surface area contributed by atoms with Crippen LogP contribution in [0.3, 0.4) is 0 Å². The average Bonchev–Trinajstić information content (AvgIpc) is 3.16. The summed E-state index contributed by atoms with van der Waals surface area (Å²) >= 11 is 13.0. The van der Waals surface area contributed by atoms with Crippen molar-refractivity contribution < 1.29 is 14.3 Å². The molecule has 7 nitrogen and oxygen atoms in total. The van der Waals surface area contributed by atoms with Crippen molar-refractivity contribution in [1.29, 1.82) is 0 Å². The van der Waals surface area contributed by atoms with Gasteiger partial charge in [0.1, 0.15) is 10.7 Å². The lowest BCUT2D eigenvalue weighted by Gasteiger charge is -2.21. The van der Waals surface area contributed by atoms with Crippen molar-refractivity contribution >= 4 is 57.1 Å². The highest BCUT2D eigenvalue weighted by Gasteiger charge is 2.30. The van der Waals surface area contributed by atoms with Gasteiger partial charge < -0.3 is 10.1 Å². The Labute approximate surface area is 190 Å². The molecule has 30 heavy (non-hydrogen) atoms. The molecule has 0 radical (unpaired) electrons. The van der Waals surface area contributed by atoms with Crippen LogP contribution < -0.4 is 10.6 Å². The van der Waals surface area contributed by atoms with E-state index in [-0.39, 0.29) is 21.8 Å². The number of rotatable bonds is 5. The molecule has 0 saturated carbocycles. The van der Waals surface area contributed by atoms with Crippen LogP contribution in [0.25, 0.3) is 0 Å². The fourth-order valence-corrected chi connectivity index (χ4v) is 5.55. The summed E-state index contributed by atoms with van der Waals surface area (Å²) in [5, 5.41) is 10.8. The molecule has 0 bridgehead atoms. The predicted octanol–water partition coefficient (Wildman–Crippen LogP) is 4.26. The normalized spacial score (nSPS) is 15.4. The van der Waals surface area contributed by atoms with Crippen LogP contribution in [0.1, 0.15) is 63.7 Å². The number of hydrogen-bond acceptors (Lipinski definition) is 6. The van der Waals surface area contributed by atoms with Crippen LogP contribution in [0.2, 0.25) is 5.02 Å². The third kappa shape index (κ3) is 4.53. The molecular formula is C20H25ClN4O3S2.